The zero-order valence-corrected chi connectivity index (χ0v) is 11.2. The summed E-state index contributed by atoms with van der Waals surface area (Å²) >= 11 is 0. The molecular formula is C15H23NO2. The molecule has 0 saturated carbocycles. The van der Waals surface area contributed by atoms with E-state index in [1.807, 2.05) is 0 Å². The van der Waals surface area contributed by atoms with Crippen LogP contribution in [0.25, 0.3) is 0 Å². The molecule has 0 bridgehead atoms. The number of ether oxygens (including phenoxy) is 2. The van der Waals surface area contributed by atoms with Gasteiger partial charge < -0.3 is 15.2 Å². The number of benzene rings is 1. The molecule has 3 heteroatoms. The molecule has 1 heterocycles. The van der Waals surface area contributed by atoms with Crippen LogP contribution in [0.4, 0.5) is 0 Å². The van der Waals surface area contributed by atoms with Crippen molar-refractivity contribution in [3.8, 4) is 0 Å². The molecule has 0 amide bonds. The Bertz CT molecular complexity index is 355. The third-order valence-corrected chi connectivity index (χ3v) is 3.44. The zero-order valence-electron chi connectivity index (χ0n) is 11.2. The van der Waals surface area contributed by atoms with E-state index >= 15 is 0 Å². The Labute approximate surface area is 109 Å². The van der Waals surface area contributed by atoms with E-state index < -0.39 is 5.79 Å². The van der Waals surface area contributed by atoms with Gasteiger partial charge in [0.2, 0.25) is 5.79 Å². The molecule has 2 N–H and O–H groups in total. The Morgan fingerprint density at radius 3 is 2.39 bits per heavy atom. The first-order valence-corrected chi connectivity index (χ1v) is 6.88. The molecule has 3 nitrogen and oxygen atoms in total. The molecule has 0 spiro atoms. The van der Waals surface area contributed by atoms with E-state index in [1.165, 1.54) is 18.4 Å². The van der Waals surface area contributed by atoms with E-state index in [2.05, 4.69) is 31.2 Å². The Hall–Kier alpha value is -0.900. The molecule has 0 aromatic heterocycles. The summed E-state index contributed by atoms with van der Waals surface area (Å²) in [5.41, 5.74) is 8.24. The summed E-state index contributed by atoms with van der Waals surface area (Å²) in [4.78, 5) is 0. The van der Waals surface area contributed by atoms with Crippen molar-refractivity contribution in [2.75, 3.05) is 19.8 Å². The van der Waals surface area contributed by atoms with Crippen LogP contribution in [-0.2, 0) is 21.7 Å². The minimum atomic E-state index is -0.721. The monoisotopic (exact) mass is 249 g/mol. The van der Waals surface area contributed by atoms with E-state index in [0.29, 0.717) is 6.54 Å². The molecule has 0 unspecified atom stereocenters. The molecule has 0 radical (unpaired) electrons. The Balaban J connectivity index is 2.11. The summed E-state index contributed by atoms with van der Waals surface area (Å²) < 4.78 is 11.5. The predicted molar refractivity (Wildman–Crippen MR) is 72.3 cm³/mol. The number of nitrogens with two attached hydrogens (primary N) is 1. The minimum absolute atomic E-state index is 0.362. The largest absolute Gasteiger partial charge is 0.345 e. The molecule has 1 saturated heterocycles. The van der Waals surface area contributed by atoms with Gasteiger partial charge in [0.25, 0.3) is 0 Å². The van der Waals surface area contributed by atoms with Crippen LogP contribution in [0.3, 0.4) is 0 Å². The van der Waals surface area contributed by atoms with Gasteiger partial charge in [0, 0.05) is 5.56 Å². The first-order valence-electron chi connectivity index (χ1n) is 6.88. The second-order valence-corrected chi connectivity index (χ2v) is 4.81. The maximum Gasteiger partial charge on any atom is 0.207 e. The lowest BCUT2D eigenvalue weighted by Gasteiger charge is -2.36. The fourth-order valence-electron chi connectivity index (χ4n) is 2.28. The standard InChI is InChI=1S/C15H23NO2/c1-2-3-5-13-6-8-14(9-7-13)15(12-16)17-10-4-11-18-15/h6-9H,2-5,10-12,16H2,1H3. The summed E-state index contributed by atoms with van der Waals surface area (Å²) in [6, 6.07) is 8.49. The maximum absolute atomic E-state index is 5.84. The lowest BCUT2D eigenvalue weighted by molar-refractivity contribution is -0.269. The highest BCUT2D eigenvalue weighted by molar-refractivity contribution is 5.26. The van der Waals surface area contributed by atoms with E-state index in [4.69, 9.17) is 15.2 Å². The van der Waals surface area contributed by atoms with Crippen molar-refractivity contribution in [3.63, 3.8) is 0 Å². The quantitative estimate of drug-likeness (QED) is 0.872. The van der Waals surface area contributed by atoms with Crippen molar-refractivity contribution in [2.24, 2.45) is 5.73 Å². The molecule has 0 aliphatic carbocycles. The van der Waals surface area contributed by atoms with Crippen LogP contribution < -0.4 is 5.73 Å². The molecule has 1 aliphatic heterocycles. The van der Waals surface area contributed by atoms with Gasteiger partial charge in [-0.25, -0.2) is 0 Å². The summed E-state index contributed by atoms with van der Waals surface area (Å²) in [5, 5.41) is 0. The molecule has 100 valence electrons. The highest BCUT2D eigenvalue weighted by Crippen LogP contribution is 2.30. The molecule has 18 heavy (non-hydrogen) atoms. The van der Waals surface area contributed by atoms with Gasteiger partial charge in [0.1, 0.15) is 0 Å². The number of rotatable bonds is 5. The lowest BCUT2D eigenvalue weighted by Crippen LogP contribution is -2.44. The van der Waals surface area contributed by atoms with Gasteiger partial charge in [-0.05, 0) is 24.8 Å². The van der Waals surface area contributed by atoms with Gasteiger partial charge in [-0.15, -0.1) is 0 Å². The second-order valence-electron chi connectivity index (χ2n) is 4.81. The topological polar surface area (TPSA) is 44.5 Å². The van der Waals surface area contributed by atoms with E-state index in [-0.39, 0.29) is 0 Å². The molecule has 1 aromatic rings. The van der Waals surface area contributed by atoms with E-state index in [0.717, 1.165) is 31.6 Å². The van der Waals surface area contributed by atoms with Gasteiger partial charge in [-0.3, -0.25) is 0 Å². The SMILES string of the molecule is CCCCc1ccc(C2(CN)OCCCO2)cc1. The van der Waals surface area contributed by atoms with Crippen LogP contribution in [0.5, 0.6) is 0 Å². The first kappa shape index (κ1) is 13.5. The van der Waals surface area contributed by atoms with Crippen LogP contribution in [-0.4, -0.2) is 19.8 Å². The van der Waals surface area contributed by atoms with Crippen molar-refractivity contribution in [1.29, 1.82) is 0 Å². The van der Waals surface area contributed by atoms with Gasteiger partial charge in [0.05, 0.1) is 19.8 Å². The number of unbranched alkanes of at least 4 members (excludes halogenated alkanes) is 1. The van der Waals surface area contributed by atoms with E-state index in [9.17, 15) is 0 Å². The van der Waals surface area contributed by atoms with Crippen molar-refractivity contribution < 1.29 is 9.47 Å². The fourth-order valence-corrected chi connectivity index (χ4v) is 2.28. The summed E-state index contributed by atoms with van der Waals surface area (Å²) in [6.45, 7) is 4.01. The highest BCUT2D eigenvalue weighted by atomic mass is 16.7. The smallest absolute Gasteiger partial charge is 0.207 e. The van der Waals surface area contributed by atoms with Crippen molar-refractivity contribution in [1.82, 2.24) is 0 Å². The summed E-state index contributed by atoms with van der Waals surface area (Å²) in [6.07, 6.45) is 4.53. The third-order valence-electron chi connectivity index (χ3n) is 3.44. The van der Waals surface area contributed by atoms with Gasteiger partial charge >= 0.3 is 0 Å². The number of aryl methyl sites for hydroxylation is 1. The van der Waals surface area contributed by atoms with Crippen molar-refractivity contribution in [2.45, 2.75) is 38.4 Å². The molecule has 1 fully saturated rings. The number of hydrogen-bond donors (Lipinski definition) is 1. The van der Waals surface area contributed by atoms with Gasteiger partial charge in [0.15, 0.2) is 0 Å². The fraction of sp³-hybridized carbons (Fsp3) is 0.600. The summed E-state index contributed by atoms with van der Waals surface area (Å²) in [7, 11) is 0. The average Bonchev–Trinajstić information content (AvgIpc) is 2.46. The second kappa shape index (κ2) is 6.32. The van der Waals surface area contributed by atoms with Gasteiger partial charge in [-0.2, -0.15) is 0 Å². The Morgan fingerprint density at radius 2 is 1.83 bits per heavy atom. The maximum atomic E-state index is 5.84. The average molecular weight is 249 g/mol. The molecule has 2 rings (SSSR count). The molecular weight excluding hydrogens is 226 g/mol. The van der Waals surface area contributed by atoms with Crippen LogP contribution in [0, 0.1) is 0 Å². The van der Waals surface area contributed by atoms with Crippen LogP contribution in [0.1, 0.15) is 37.3 Å². The van der Waals surface area contributed by atoms with Crippen LogP contribution in [0.15, 0.2) is 24.3 Å². The molecule has 1 aromatic carbocycles. The first-order chi connectivity index (χ1) is 8.80. The lowest BCUT2D eigenvalue weighted by atomic mass is 10.0. The normalized spacial score (nSPS) is 18.8. The van der Waals surface area contributed by atoms with Crippen LogP contribution in [0.2, 0.25) is 0 Å². The zero-order chi connectivity index (χ0) is 12.8. The van der Waals surface area contributed by atoms with Crippen molar-refractivity contribution >= 4 is 0 Å². The molecule has 0 atom stereocenters. The Kier molecular flexibility index (Phi) is 4.75. The molecule has 1 aliphatic rings. The third kappa shape index (κ3) is 2.91. The van der Waals surface area contributed by atoms with E-state index in [1.54, 1.807) is 0 Å². The number of hydrogen-bond acceptors (Lipinski definition) is 3. The van der Waals surface area contributed by atoms with Gasteiger partial charge in [-0.1, -0.05) is 37.6 Å². The van der Waals surface area contributed by atoms with Crippen molar-refractivity contribution in [3.05, 3.63) is 35.4 Å². The Morgan fingerprint density at radius 1 is 1.17 bits per heavy atom. The van der Waals surface area contributed by atoms with Crippen LogP contribution >= 0.6 is 0 Å². The predicted octanol–water partition coefficient (Wildman–Crippen LogP) is 2.58. The minimum Gasteiger partial charge on any atom is -0.345 e. The summed E-state index contributed by atoms with van der Waals surface area (Å²) in [5.74, 6) is -0.721. The highest BCUT2D eigenvalue weighted by Gasteiger charge is 2.35.